The van der Waals surface area contributed by atoms with Gasteiger partial charge in [0.25, 0.3) is 0 Å². The summed E-state index contributed by atoms with van der Waals surface area (Å²) in [6.45, 7) is 3.65. The molecule has 1 aromatic heterocycles. The van der Waals surface area contributed by atoms with Gasteiger partial charge in [-0.2, -0.15) is 0 Å². The molecule has 1 aliphatic heterocycles. The second kappa shape index (κ2) is 11.2. The van der Waals surface area contributed by atoms with Crippen molar-refractivity contribution in [2.24, 2.45) is 5.92 Å². The van der Waals surface area contributed by atoms with Crippen molar-refractivity contribution in [2.45, 2.75) is 19.8 Å². The third kappa shape index (κ3) is 5.02. The molecular formula is C32H28O9. The minimum Gasteiger partial charge on any atom is -0.497 e. The number of ketones is 1. The highest BCUT2D eigenvalue weighted by Gasteiger charge is 2.49. The molecule has 2 aromatic carbocycles. The van der Waals surface area contributed by atoms with Crippen molar-refractivity contribution < 1.29 is 42.9 Å². The smallest absolute Gasteiger partial charge is 0.336 e. The van der Waals surface area contributed by atoms with Gasteiger partial charge in [0.05, 0.1) is 32.3 Å². The number of carbonyl (C=O) groups is 3. The minimum absolute atomic E-state index is 0.0263. The van der Waals surface area contributed by atoms with Gasteiger partial charge >= 0.3 is 11.9 Å². The normalized spacial score (nSPS) is 19.0. The fraction of sp³-hybridized carbons (Fsp3) is 0.219. The molecule has 5 rings (SSSR count). The van der Waals surface area contributed by atoms with Crippen molar-refractivity contribution in [3.05, 3.63) is 100 Å². The largest absolute Gasteiger partial charge is 0.497 e. The first-order valence-electron chi connectivity index (χ1n) is 12.9. The van der Waals surface area contributed by atoms with Crippen molar-refractivity contribution in [3.8, 4) is 22.8 Å². The van der Waals surface area contributed by atoms with Gasteiger partial charge in [-0.15, -0.1) is 0 Å². The first-order valence-corrected chi connectivity index (χ1v) is 12.9. The van der Waals surface area contributed by atoms with E-state index >= 15 is 0 Å². The molecule has 41 heavy (non-hydrogen) atoms. The third-order valence-corrected chi connectivity index (χ3v) is 7.08. The summed E-state index contributed by atoms with van der Waals surface area (Å²) in [5.74, 6) is -1.57. The van der Waals surface area contributed by atoms with Crippen molar-refractivity contribution in [3.63, 3.8) is 0 Å². The summed E-state index contributed by atoms with van der Waals surface area (Å²) in [4.78, 5) is 38.8. The van der Waals surface area contributed by atoms with Crippen LogP contribution < -0.4 is 9.47 Å². The maximum Gasteiger partial charge on any atom is 0.336 e. The van der Waals surface area contributed by atoms with Gasteiger partial charge in [0.1, 0.15) is 28.8 Å². The Morgan fingerprint density at radius 1 is 1.02 bits per heavy atom. The van der Waals surface area contributed by atoms with Crippen LogP contribution in [0.4, 0.5) is 0 Å². The molecule has 0 saturated carbocycles. The molecule has 2 atom stereocenters. The Kier molecular flexibility index (Phi) is 7.52. The zero-order valence-electron chi connectivity index (χ0n) is 22.9. The van der Waals surface area contributed by atoms with Crippen LogP contribution in [-0.2, 0) is 19.1 Å². The van der Waals surface area contributed by atoms with Gasteiger partial charge in [0, 0.05) is 28.7 Å². The van der Waals surface area contributed by atoms with Crippen molar-refractivity contribution in [1.29, 1.82) is 0 Å². The van der Waals surface area contributed by atoms with Crippen LogP contribution in [-0.4, -0.2) is 43.7 Å². The number of allylic oxidation sites excluding steroid dienone is 4. The lowest BCUT2D eigenvalue weighted by molar-refractivity contribution is -0.139. The molecular weight excluding hydrogens is 528 g/mol. The topological polar surface area (TPSA) is 122 Å². The molecule has 0 spiro atoms. The number of aromatic carboxylic acids is 1. The molecule has 0 radical (unpaired) electrons. The number of carbonyl (C=O) groups excluding carboxylic acids is 2. The van der Waals surface area contributed by atoms with Crippen LogP contribution >= 0.6 is 0 Å². The van der Waals surface area contributed by atoms with Gasteiger partial charge in [-0.3, -0.25) is 4.79 Å². The average Bonchev–Trinajstić information content (AvgIpc) is 3.56. The number of rotatable bonds is 8. The number of benzene rings is 2. The molecule has 1 saturated heterocycles. The molecule has 1 aliphatic carbocycles. The summed E-state index contributed by atoms with van der Waals surface area (Å²) < 4.78 is 28.4. The Balaban J connectivity index is 1.57. The summed E-state index contributed by atoms with van der Waals surface area (Å²) in [5.41, 5.74) is 2.01. The fourth-order valence-electron chi connectivity index (χ4n) is 5.26. The van der Waals surface area contributed by atoms with Crippen molar-refractivity contribution in [2.75, 3.05) is 20.8 Å². The summed E-state index contributed by atoms with van der Waals surface area (Å²) in [5, 5.41) is 9.54. The monoisotopic (exact) mass is 556 g/mol. The Morgan fingerprint density at radius 3 is 2.51 bits per heavy atom. The SMILES string of the molecule is CCOC(=O)C1=C(C)C=C2O/C(=C\c3ccc(-c4ccccc4C(=O)O)o3)C(=O)C2C1c1cc(OC)ccc1OC. The second-order valence-electron chi connectivity index (χ2n) is 9.45. The van der Waals surface area contributed by atoms with E-state index in [4.69, 9.17) is 23.4 Å². The Bertz CT molecular complexity index is 1640. The lowest BCUT2D eigenvalue weighted by atomic mass is 9.73. The molecule has 3 aromatic rings. The van der Waals surface area contributed by atoms with Crippen LogP contribution in [0, 0.1) is 5.92 Å². The van der Waals surface area contributed by atoms with E-state index in [1.165, 1.54) is 26.4 Å². The molecule has 1 fully saturated rings. The highest BCUT2D eigenvalue weighted by Crippen LogP contribution is 2.51. The lowest BCUT2D eigenvalue weighted by Gasteiger charge is -2.30. The zero-order valence-corrected chi connectivity index (χ0v) is 22.9. The molecule has 2 heterocycles. The van der Waals surface area contributed by atoms with E-state index in [1.807, 2.05) is 0 Å². The molecule has 1 N–H and O–H groups in total. The maximum atomic E-state index is 13.9. The Labute approximate surface area is 236 Å². The van der Waals surface area contributed by atoms with Gasteiger partial charge in [-0.05, 0) is 61.9 Å². The molecule has 2 unspecified atom stereocenters. The maximum absolute atomic E-state index is 13.9. The fourth-order valence-corrected chi connectivity index (χ4v) is 5.26. The Morgan fingerprint density at radius 2 is 1.80 bits per heavy atom. The summed E-state index contributed by atoms with van der Waals surface area (Å²) in [6, 6.07) is 14.9. The van der Waals surface area contributed by atoms with E-state index in [0.717, 1.165) is 0 Å². The number of hydrogen-bond donors (Lipinski definition) is 1. The standard InChI is InChI=1S/C32H28O9/c1-5-39-32(36)27-17(2)14-25-29(28(27)22-15-18(37-3)10-12-23(22)38-4)30(33)26(41-25)16-19-11-13-24(40-19)20-8-6-7-9-21(20)31(34)35/h6-16,28-29H,5H2,1-4H3,(H,34,35)/b26-16-. The van der Waals surface area contributed by atoms with Crippen molar-refractivity contribution >= 4 is 23.8 Å². The zero-order chi connectivity index (χ0) is 29.3. The van der Waals surface area contributed by atoms with E-state index in [0.29, 0.717) is 51.1 Å². The van der Waals surface area contributed by atoms with Crippen molar-refractivity contribution in [1.82, 2.24) is 0 Å². The number of carboxylic acids is 1. The quantitative estimate of drug-likeness (QED) is 0.272. The second-order valence-corrected chi connectivity index (χ2v) is 9.45. The number of methoxy groups -OCH3 is 2. The van der Waals surface area contributed by atoms with Crippen LogP contribution in [0.15, 0.2) is 87.8 Å². The minimum atomic E-state index is -1.08. The number of ether oxygens (including phenoxy) is 4. The van der Waals surface area contributed by atoms with Gasteiger partial charge < -0.3 is 28.5 Å². The van der Waals surface area contributed by atoms with Gasteiger partial charge in [0.2, 0.25) is 5.78 Å². The molecule has 2 aliphatic rings. The lowest BCUT2D eigenvalue weighted by Crippen LogP contribution is -2.29. The molecule has 0 bridgehead atoms. The Hall–Kier alpha value is -5.05. The first kappa shape index (κ1) is 27.5. The highest BCUT2D eigenvalue weighted by atomic mass is 16.5. The number of esters is 1. The number of Topliss-reactive ketones (excluding diaryl/α,β-unsaturated/α-hetero) is 1. The van der Waals surface area contributed by atoms with E-state index in [2.05, 4.69) is 0 Å². The predicted molar refractivity (Wildman–Crippen MR) is 148 cm³/mol. The molecule has 0 amide bonds. The van der Waals surface area contributed by atoms with E-state index < -0.39 is 23.8 Å². The number of fused-ring (bicyclic) bond motifs is 1. The van der Waals surface area contributed by atoms with E-state index in [9.17, 15) is 19.5 Å². The van der Waals surface area contributed by atoms with E-state index in [1.54, 1.807) is 68.5 Å². The number of carboxylic acid groups (broad SMARTS) is 1. The number of furan rings is 1. The van der Waals surface area contributed by atoms with Crippen LogP contribution in [0.25, 0.3) is 17.4 Å². The van der Waals surface area contributed by atoms with Crippen LogP contribution in [0.3, 0.4) is 0 Å². The van der Waals surface area contributed by atoms with Crippen LogP contribution in [0.2, 0.25) is 0 Å². The first-order chi connectivity index (χ1) is 19.8. The summed E-state index contributed by atoms with van der Waals surface area (Å²) >= 11 is 0. The number of hydrogen-bond acceptors (Lipinski definition) is 8. The summed E-state index contributed by atoms with van der Waals surface area (Å²) in [6.07, 6.45) is 3.14. The van der Waals surface area contributed by atoms with Crippen LogP contribution in [0.1, 0.15) is 41.4 Å². The molecule has 210 valence electrons. The van der Waals surface area contributed by atoms with Gasteiger partial charge in [-0.1, -0.05) is 18.2 Å². The average molecular weight is 557 g/mol. The molecule has 9 nitrogen and oxygen atoms in total. The van der Waals surface area contributed by atoms with Crippen LogP contribution in [0.5, 0.6) is 11.5 Å². The molecule has 9 heteroatoms. The van der Waals surface area contributed by atoms with Gasteiger partial charge in [-0.25, -0.2) is 9.59 Å². The van der Waals surface area contributed by atoms with E-state index in [-0.39, 0.29) is 23.7 Å². The highest BCUT2D eigenvalue weighted by molar-refractivity contribution is 6.06. The summed E-state index contributed by atoms with van der Waals surface area (Å²) in [7, 11) is 3.04. The predicted octanol–water partition coefficient (Wildman–Crippen LogP) is 5.78. The van der Waals surface area contributed by atoms with Gasteiger partial charge in [0.15, 0.2) is 5.76 Å². The third-order valence-electron chi connectivity index (χ3n) is 7.08.